The summed E-state index contributed by atoms with van der Waals surface area (Å²) in [5.41, 5.74) is 22.5. The van der Waals surface area contributed by atoms with E-state index in [4.69, 9.17) is 22.2 Å². The molecule has 0 spiro atoms. The molecule has 0 fully saturated rings. The topological polar surface area (TPSA) is 116 Å². The van der Waals surface area contributed by atoms with E-state index in [1.807, 2.05) is 24.3 Å². The van der Waals surface area contributed by atoms with Crippen molar-refractivity contribution < 1.29 is 0 Å². The minimum atomic E-state index is -0.125. The summed E-state index contributed by atoms with van der Waals surface area (Å²) < 4.78 is 0. The van der Waals surface area contributed by atoms with Crippen LogP contribution < -0.4 is 17.2 Å². The van der Waals surface area contributed by atoms with Crippen molar-refractivity contribution in [3.8, 4) is 21.8 Å². The smallest absolute Gasteiger partial charge is 0.223 e. The summed E-state index contributed by atoms with van der Waals surface area (Å²) in [6.07, 6.45) is 0. The van der Waals surface area contributed by atoms with Gasteiger partial charge in [-0.1, -0.05) is 24.3 Å². The maximum absolute atomic E-state index is 5.69. The molecule has 0 saturated carbocycles. The molecular weight excluding hydrogens is 344 g/mol. The van der Waals surface area contributed by atoms with Crippen LogP contribution in [-0.4, -0.2) is 16.9 Å². The second-order valence-electron chi connectivity index (χ2n) is 5.89. The van der Waals surface area contributed by atoms with Crippen LogP contribution in [-0.2, 0) is 0 Å². The van der Waals surface area contributed by atoms with Gasteiger partial charge in [0.25, 0.3) is 0 Å². The Kier molecular flexibility index (Phi) is 4.99. The lowest BCUT2D eigenvalue weighted by Crippen LogP contribution is -2.26. The Morgan fingerprint density at radius 3 is 2.50 bits per heavy atom. The minimum Gasteiger partial charge on any atom is -0.370 e. The predicted molar refractivity (Wildman–Crippen MR) is 110 cm³/mol. The maximum Gasteiger partial charge on any atom is 0.223 e. The monoisotopic (exact) mass is 364 g/mol. The van der Waals surface area contributed by atoms with Gasteiger partial charge in [0.1, 0.15) is 5.01 Å². The summed E-state index contributed by atoms with van der Waals surface area (Å²) in [6.45, 7) is 4.21. The largest absolute Gasteiger partial charge is 0.370 e. The van der Waals surface area contributed by atoms with Crippen molar-refractivity contribution in [3.05, 3.63) is 59.0 Å². The number of aryl methyl sites for hydroxylation is 2. The fraction of sp³-hybridized carbons (Fsp3) is 0.105. The lowest BCUT2D eigenvalue weighted by Gasteiger charge is -2.02. The zero-order valence-corrected chi connectivity index (χ0v) is 15.4. The average Bonchev–Trinajstić information content (AvgIpc) is 3.07. The quantitative estimate of drug-likeness (QED) is 0.488. The van der Waals surface area contributed by atoms with Crippen LogP contribution in [0, 0.1) is 13.8 Å². The molecule has 0 amide bonds. The zero-order valence-electron chi connectivity index (χ0n) is 14.6. The molecule has 0 saturated heterocycles. The minimum absolute atomic E-state index is 0.0112. The van der Waals surface area contributed by atoms with E-state index < -0.39 is 0 Å². The number of hydrogen-bond donors (Lipinski definition) is 3. The number of hydrogen-bond acceptors (Lipinski definition) is 3. The van der Waals surface area contributed by atoms with E-state index in [1.54, 1.807) is 11.3 Å². The number of thiazole rings is 1. The fourth-order valence-corrected chi connectivity index (χ4v) is 3.26. The van der Waals surface area contributed by atoms with Crippen molar-refractivity contribution in [2.75, 3.05) is 0 Å². The number of aromatic nitrogens is 1. The van der Waals surface area contributed by atoms with Crippen LogP contribution in [0.4, 0.5) is 5.69 Å². The fourth-order valence-electron chi connectivity index (χ4n) is 2.44. The van der Waals surface area contributed by atoms with E-state index in [2.05, 4.69) is 47.4 Å². The van der Waals surface area contributed by atoms with Crippen LogP contribution in [0.3, 0.4) is 0 Å². The third kappa shape index (κ3) is 4.07. The van der Waals surface area contributed by atoms with E-state index >= 15 is 0 Å². The normalized spacial score (nSPS) is 11.4. The Labute approximate surface area is 156 Å². The first-order valence-electron chi connectivity index (χ1n) is 8.00. The molecule has 1 aromatic heterocycles. The van der Waals surface area contributed by atoms with Crippen LogP contribution in [0.1, 0.15) is 11.1 Å². The van der Waals surface area contributed by atoms with Crippen LogP contribution in [0.15, 0.2) is 57.8 Å². The highest BCUT2D eigenvalue weighted by molar-refractivity contribution is 7.13. The number of nitrogens with zero attached hydrogens (tertiary/aromatic N) is 3. The van der Waals surface area contributed by atoms with E-state index in [0.29, 0.717) is 5.69 Å². The number of rotatable bonds is 3. The van der Waals surface area contributed by atoms with Crippen molar-refractivity contribution in [1.29, 1.82) is 0 Å². The van der Waals surface area contributed by atoms with Crippen molar-refractivity contribution in [3.63, 3.8) is 0 Å². The molecule has 132 valence electrons. The molecule has 6 N–H and O–H groups in total. The first-order valence-corrected chi connectivity index (χ1v) is 8.88. The molecule has 0 atom stereocenters. The highest BCUT2D eigenvalue weighted by Crippen LogP contribution is 2.31. The van der Waals surface area contributed by atoms with Crippen molar-refractivity contribution in [2.24, 2.45) is 27.2 Å². The predicted octanol–water partition coefficient (Wildman–Crippen LogP) is 3.31. The van der Waals surface area contributed by atoms with Gasteiger partial charge in [0.05, 0.1) is 11.4 Å². The van der Waals surface area contributed by atoms with Crippen LogP contribution in [0.2, 0.25) is 0 Å². The first kappa shape index (κ1) is 17.6. The van der Waals surface area contributed by atoms with Gasteiger partial charge < -0.3 is 17.2 Å². The summed E-state index contributed by atoms with van der Waals surface area (Å²) in [6, 6.07) is 14.0. The molecular formula is C19H20N6S. The maximum atomic E-state index is 5.69. The summed E-state index contributed by atoms with van der Waals surface area (Å²) in [5, 5.41) is 2.97. The Morgan fingerprint density at radius 1 is 0.962 bits per heavy atom. The molecule has 3 aromatic rings. The summed E-state index contributed by atoms with van der Waals surface area (Å²) in [5.74, 6) is -0.113. The first-order chi connectivity index (χ1) is 12.4. The Morgan fingerprint density at radius 2 is 1.77 bits per heavy atom. The van der Waals surface area contributed by atoms with Gasteiger partial charge in [0, 0.05) is 16.5 Å². The standard InChI is InChI=1S/C19H20N6S/c1-11-6-7-13(8-12(11)2)16-10-26-17(24-16)14-4-3-5-15(9-14)23-19(22)25-18(20)21/h3-10H,1-2H3,(H6,20,21,22,23,25). The molecule has 7 heteroatoms. The molecule has 0 aliphatic heterocycles. The molecule has 0 bridgehead atoms. The Balaban J connectivity index is 1.91. The van der Waals surface area contributed by atoms with E-state index in [1.165, 1.54) is 11.1 Å². The highest BCUT2D eigenvalue weighted by atomic mass is 32.1. The van der Waals surface area contributed by atoms with Gasteiger partial charge in [-0.2, -0.15) is 4.99 Å². The van der Waals surface area contributed by atoms with Crippen LogP contribution in [0.25, 0.3) is 21.8 Å². The molecule has 6 nitrogen and oxygen atoms in total. The van der Waals surface area contributed by atoms with Crippen molar-refractivity contribution in [2.45, 2.75) is 13.8 Å². The highest BCUT2D eigenvalue weighted by Gasteiger charge is 2.08. The Hall–Kier alpha value is -3.19. The SMILES string of the molecule is Cc1ccc(-c2csc(-c3cccc(N=C(N)N=C(N)N)c3)n2)cc1C. The number of nitrogens with two attached hydrogens (primary N) is 3. The third-order valence-electron chi connectivity index (χ3n) is 3.89. The van der Waals surface area contributed by atoms with Gasteiger partial charge in [-0.05, 0) is 43.2 Å². The van der Waals surface area contributed by atoms with E-state index in [0.717, 1.165) is 21.8 Å². The Bertz CT molecular complexity index is 999. The van der Waals surface area contributed by atoms with Gasteiger partial charge in [-0.25, -0.2) is 9.98 Å². The second-order valence-corrected chi connectivity index (χ2v) is 6.75. The number of guanidine groups is 2. The molecule has 1 heterocycles. The number of aliphatic imine (C=N–C) groups is 2. The van der Waals surface area contributed by atoms with Gasteiger partial charge in [-0.3, -0.25) is 0 Å². The van der Waals surface area contributed by atoms with Gasteiger partial charge >= 0.3 is 0 Å². The third-order valence-corrected chi connectivity index (χ3v) is 4.78. The van der Waals surface area contributed by atoms with Gasteiger partial charge in [-0.15, -0.1) is 11.3 Å². The molecule has 0 aliphatic carbocycles. The number of benzene rings is 2. The van der Waals surface area contributed by atoms with Crippen molar-refractivity contribution in [1.82, 2.24) is 4.98 Å². The molecule has 0 aliphatic rings. The molecule has 2 aromatic carbocycles. The molecule has 0 unspecified atom stereocenters. The van der Waals surface area contributed by atoms with Gasteiger partial charge in [0.2, 0.25) is 5.96 Å². The summed E-state index contributed by atoms with van der Waals surface area (Å²) >= 11 is 1.59. The van der Waals surface area contributed by atoms with Crippen LogP contribution >= 0.6 is 11.3 Å². The summed E-state index contributed by atoms with van der Waals surface area (Å²) in [4.78, 5) is 12.7. The summed E-state index contributed by atoms with van der Waals surface area (Å²) in [7, 11) is 0. The van der Waals surface area contributed by atoms with E-state index in [9.17, 15) is 0 Å². The van der Waals surface area contributed by atoms with Crippen molar-refractivity contribution >= 4 is 28.9 Å². The molecule has 26 heavy (non-hydrogen) atoms. The molecule has 0 radical (unpaired) electrons. The average molecular weight is 364 g/mol. The van der Waals surface area contributed by atoms with Crippen LogP contribution in [0.5, 0.6) is 0 Å². The second kappa shape index (κ2) is 7.37. The van der Waals surface area contributed by atoms with E-state index in [-0.39, 0.29) is 11.9 Å². The molecule has 3 rings (SSSR count). The lowest BCUT2D eigenvalue weighted by molar-refractivity contribution is 1.32. The zero-order chi connectivity index (χ0) is 18.7. The lowest BCUT2D eigenvalue weighted by atomic mass is 10.1. The van der Waals surface area contributed by atoms with Gasteiger partial charge in [0.15, 0.2) is 5.96 Å².